The Morgan fingerprint density at radius 2 is 2.26 bits per heavy atom. The lowest BCUT2D eigenvalue weighted by molar-refractivity contribution is 0.400. The van der Waals surface area contributed by atoms with E-state index in [1.54, 1.807) is 16.1 Å². The van der Waals surface area contributed by atoms with Crippen molar-refractivity contribution in [3.05, 3.63) is 16.8 Å². The summed E-state index contributed by atoms with van der Waals surface area (Å²) in [6.07, 6.45) is 2.86. The van der Waals surface area contributed by atoms with E-state index in [4.69, 9.17) is 5.26 Å². The van der Waals surface area contributed by atoms with Crippen LogP contribution in [0.4, 0.5) is 0 Å². The van der Waals surface area contributed by atoms with Gasteiger partial charge in [-0.15, -0.1) is 10.2 Å². The molecule has 0 fully saturated rings. The second kappa shape index (κ2) is 5.93. The van der Waals surface area contributed by atoms with Crippen LogP contribution in [0.2, 0.25) is 0 Å². The zero-order chi connectivity index (χ0) is 13.7. The molecule has 100 valence electrons. The molecule has 0 amide bonds. The predicted octanol–water partition coefficient (Wildman–Crippen LogP) is 3.12. The zero-order valence-electron chi connectivity index (χ0n) is 11.2. The molecule has 0 saturated carbocycles. The van der Waals surface area contributed by atoms with Crippen molar-refractivity contribution in [1.29, 1.82) is 5.26 Å². The molecule has 6 heteroatoms. The van der Waals surface area contributed by atoms with Crippen LogP contribution >= 0.6 is 11.3 Å². The summed E-state index contributed by atoms with van der Waals surface area (Å²) < 4.78 is 0. The number of hydrogen-bond donors (Lipinski definition) is 0. The molecule has 0 saturated heterocycles. The summed E-state index contributed by atoms with van der Waals surface area (Å²) in [7, 11) is 0. The molecule has 0 radical (unpaired) electrons. The Hall–Kier alpha value is -1.74. The Kier molecular flexibility index (Phi) is 4.27. The van der Waals surface area contributed by atoms with Gasteiger partial charge in [-0.25, -0.2) is 0 Å². The first-order valence-electron chi connectivity index (χ1n) is 6.32. The molecular weight excluding hydrogens is 258 g/mol. The number of rotatable bonds is 6. The fourth-order valence-electron chi connectivity index (χ4n) is 1.72. The summed E-state index contributed by atoms with van der Waals surface area (Å²) >= 11 is 1.62. The lowest BCUT2D eigenvalue weighted by atomic mass is 9.89. The smallest absolute Gasteiger partial charge is 0.198 e. The van der Waals surface area contributed by atoms with Crippen molar-refractivity contribution in [1.82, 2.24) is 20.2 Å². The minimum absolute atomic E-state index is 0.238. The summed E-state index contributed by atoms with van der Waals surface area (Å²) in [6, 6.07) is 4.30. The Morgan fingerprint density at radius 3 is 2.95 bits per heavy atom. The zero-order valence-corrected chi connectivity index (χ0v) is 12.0. The maximum atomic E-state index is 8.93. The molecular formula is C13H17N5S. The quantitative estimate of drug-likeness (QED) is 0.760. The van der Waals surface area contributed by atoms with Crippen LogP contribution in [0.15, 0.2) is 16.8 Å². The summed E-state index contributed by atoms with van der Waals surface area (Å²) in [6.45, 7) is 4.68. The van der Waals surface area contributed by atoms with Gasteiger partial charge in [0.25, 0.3) is 0 Å². The third kappa shape index (κ3) is 3.86. The molecule has 0 aliphatic rings. The van der Waals surface area contributed by atoms with Crippen molar-refractivity contribution >= 4 is 11.3 Å². The van der Waals surface area contributed by atoms with Crippen LogP contribution in [0.25, 0.3) is 11.4 Å². The van der Waals surface area contributed by atoms with Crippen LogP contribution in [0, 0.1) is 16.7 Å². The van der Waals surface area contributed by atoms with E-state index in [0.717, 1.165) is 31.4 Å². The SMILES string of the molecule is CC(C)(C#N)CCCCn1nnc(-c2ccsc2)n1. The van der Waals surface area contributed by atoms with Crippen LogP contribution in [0.5, 0.6) is 0 Å². The number of aryl methyl sites for hydroxylation is 1. The van der Waals surface area contributed by atoms with Gasteiger partial charge in [-0.2, -0.15) is 21.4 Å². The normalized spacial score (nSPS) is 11.4. The number of nitriles is 1. The van der Waals surface area contributed by atoms with Gasteiger partial charge < -0.3 is 0 Å². The first kappa shape index (κ1) is 13.7. The minimum atomic E-state index is -0.238. The number of unbranched alkanes of at least 4 members (excludes halogenated alkanes) is 1. The lowest BCUT2D eigenvalue weighted by Gasteiger charge is -2.13. The van der Waals surface area contributed by atoms with E-state index in [1.165, 1.54) is 0 Å². The van der Waals surface area contributed by atoms with Crippen LogP contribution in [-0.4, -0.2) is 20.2 Å². The second-order valence-corrected chi connectivity index (χ2v) is 5.95. The lowest BCUT2D eigenvalue weighted by Crippen LogP contribution is -2.09. The maximum Gasteiger partial charge on any atom is 0.205 e. The van der Waals surface area contributed by atoms with E-state index in [0.29, 0.717) is 5.82 Å². The summed E-state index contributed by atoms with van der Waals surface area (Å²) in [5.41, 5.74) is 0.777. The molecule has 0 unspecified atom stereocenters. The average molecular weight is 275 g/mol. The fraction of sp³-hybridized carbons (Fsp3) is 0.538. The molecule has 0 aromatic carbocycles. The largest absolute Gasteiger partial charge is 0.205 e. The van der Waals surface area contributed by atoms with Gasteiger partial charge in [0.2, 0.25) is 5.82 Å². The molecule has 19 heavy (non-hydrogen) atoms. The minimum Gasteiger partial charge on any atom is -0.198 e. The van der Waals surface area contributed by atoms with Crippen LogP contribution < -0.4 is 0 Å². The first-order valence-corrected chi connectivity index (χ1v) is 7.27. The van der Waals surface area contributed by atoms with E-state index in [-0.39, 0.29) is 5.41 Å². The van der Waals surface area contributed by atoms with Crippen molar-refractivity contribution in [2.24, 2.45) is 5.41 Å². The Labute approximate surface area is 116 Å². The molecule has 5 nitrogen and oxygen atoms in total. The first-order chi connectivity index (χ1) is 9.11. The Bertz CT molecular complexity index is 550. The van der Waals surface area contributed by atoms with Gasteiger partial charge in [-0.1, -0.05) is 0 Å². The molecule has 2 heterocycles. The number of hydrogen-bond acceptors (Lipinski definition) is 5. The molecule has 0 bridgehead atoms. The standard InChI is InChI=1S/C13H17N5S/c1-13(2,10-14)6-3-4-7-18-16-12(15-17-18)11-5-8-19-9-11/h5,8-9H,3-4,6-7H2,1-2H3. The van der Waals surface area contributed by atoms with Gasteiger partial charge in [0.1, 0.15) is 0 Å². The highest BCUT2D eigenvalue weighted by Gasteiger charge is 2.15. The summed E-state index contributed by atoms with van der Waals surface area (Å²) in [5.74, 6) is 0.679. The maximum absolute atomic E-state index is 8.93. The number of aromatic nitrogens is 4. The molecule has 0 aliphatic carbocycles. The van der Waals surface area contributed by atoms with Crippen LogP contribution in [0.3, 0.4) is 0 Å². The van der Waals surface area contributed by atoms with E-state index < -0.39 is 0 Å². The van der Waals surface area contributed by atoms with Gasteiger partial charge >= 0.3 is 0 Å². The monoisotopic (exact) mass is 275 g/mol. The summed E-state index contributed by atoms with van der Waals surface area (Å²) in [4.78, 5) is 1.63. The van der Waals surface area contributed by atoms with E-state index >= 15 is 0 Å². The Balaban J connectivity index is 1.80. The van der Waals surface area contributed by atoms with Crippen molar-refractivity contribution < 1.29 is 0 Å². The highest BCUT2D eigenvalue weighted by atomic mass is 32.1. The van der Waals surface area contributed by atoms with E-state index in [1.807, 2.05) is 30.7 Å². The molecule has 0 spiro atoms. The average Bonchev–Trinajstić information content (AvgIpc) is 3.05. The molecule has 2 aromatic rings. The topological polar surface area (TPSA) is 67.4 Å². The molecule has 0 aliphatic heterocycles. The van der Waals surface area contributed by atoms with Crippen molar-refractivity contribution in [2.45, 2.75) is 39.7 Å². The van der Waals surface area contributed by atoms with Crippen molar-refractivity contribution in [2.75, 3.05) is 0 Å². The highest BCUT2D eigenvalue weighted by molar-refractivity contribution is 7.08. The van der Waals surface area contributed by atoms with Gasteiger partial charge in [0.15, 0.2) is 0 Å². The number of tetrazole rings is 1. The molecule has 2 aromatic heterocycles. The third-order valence-corrected chi connectivity index (χ3v) is 3.63. The van der Waals surface area contributed by atoms with Gasteiger partial charge in [0, 0.05) is 10.9 Å². The third-order valence-electron chi connectivity index (χ3n) is 2.94. The highest BCUT2D eigenvalue weighted by Crippen LogP contribution is 2.22. The fourth-order valence-corrected chi connectivity index (χ4v) is 2.36. The van der Waals surface area contributed by atoms with Gasteiger partial charge in [0.05, 0.1) is 18.0 Å². The molecule has 2 rings (SSSR count). The van der Waals surface area contributed by atoms with Crippen molar-refractivity contribution in [3.8, 4) is 17.5 Å². The van der Waals surface area contributed by atoms with E-state index in [2.05, 4.69) is 21.5 Å². The van der Waals surface area contributed by atoms with Gasteiger partial charge in [-0.05, 0) is 49.8 Å². The predicted molar refractivity (Wildman–Crippen MR) is 74.4 cm³/mol. The van der Waals surface area contributed by atoms with Crippen LogP contribution in [-0.2, 0) is 6.54 Å². The van der Waals surface area contributed by atoms with E-state index in [9.17, 15) is 0 Å². The molecule has 0 N–H and O–H groups in total. The number of thiophene rings is 1. The molecule has 0 atom stereocenters. The van der Waals surface area contributed by atoms with Crippen molar-refractivity contribution in [3.63, 3.8) is 0 Å². The summed E-state index contributed by atoms with van der Waals surface area (Å²) in [5, 5.41) is 25.4. The second-order valence-electron chi connectivity index (χ2n) is 5.17. The van der Waals surface area contributed by atoms with Crippen LogP contribution in [0.1, 0.15) is 33.1 Å². The Morgan fingerprint density at radius 1 is 1.42 bits per heavy atom. The number of nitrogens with zero attached hydrogens (tertiary/aromatic N) is 5. The van der Waals surface area contributed by atoms with Gasteiger partial charge in [-0.3, -0.25) is 0 Å².